The lowest BCUT2D eigenvalue weighted by Crippen LogP contribution is -2.52. The summed E-state index contributed by atoms with van der Waals surface area (Å²) >= 11 is 0. The van der Waals surface area contributed by atoms with Crippen LogP contribution in [0.2, 0.25) is 0 Å². The van der Waals surface area contributed by atoms with Crippen LogP contribution in [0.1, 0.15) is 42.4 Å². The molecule has 4 aliphatic rings. The lowest BCUT2D eigenvalue weighted by molar-refractivity contribution is -0.184. The Balaban J connectivity index is 1.26. The van der Waals surface area contributed by atoms with E-state index in [0.717, 1.165) is 29.5 Å². The lowest BCUT2D eigenvalue weighted by Gasteiger charge is -2.33. The van der Waals surface area contributed by atoms with E-state index in [9.17, 15) is 34.8 Å². The van der Waals surface area contributed by atoms with Gasteiger partial charge in [0, 0.05) is 13.1 Å². The molecule has 206 valence electrons. The molecule has 37 heavy (non-hydrogen) atoms. The van der Waals surface area contributed by atoms with Crippen molar-refractivity contribution in [1.82, 2.24) is 13.9 Å². The number of likely N-dealkylation sites (tertiary alicyclic amines) is 1. The van der Waals surface area contributed by atoms with Crippen molar-refractivity contribution in [1.29, 1.82) is 0 Å². The monoisotopic (exact) mass is 551 g/mol. The maximum atomic E-state index is 13.1. The molecule has 2 aliphatic carbocycles. The van der Waals surface area contributed by atoms with Crippen LogP contribution < -0.4 is 4.72 Å². The molecule has 2 saturated heterocycles. The predicted octanol–water partition coefficient (Wildman–Crippen LogP) is 4.55. The van der Waals surface area contributed by atoms with Crippen LogP contribution in [-0.2, 0) is 23.1 Å². The van der Waals surface area contributed by atoms with Gasteiger partial charge in [0.25, 0.3) is 10.2 Å². The van der Waals surface area contributed by atoms with Gasteiger partial charge in [-0.3, -0.25) is 4.90 Å². The van der Waals surface area contributed by atoms with E-state index < -0.39 is 40.6 Å². The molecule has 2 aliphatic heterocycles. The summed E-state index contributed by atoms with van der Waals surface area (Å²) in [5, 5.41) is 0. The summed E-state index contributed by atoms with van der Waals surface area (Å²) in [4.78, 5) is 2.00. The highest BCUT2D eigenvalue weighted by molar-refractivity contribution is 7.87. The van der Waals surface area contributed by atoms with E-state index in [-0.39, 0.29) is 31.2 Å². The van der Waals surface area contributed by atoms with E-state index in [2.05, 4.69) is 4.72 Å². The van der Waals surface area contributed by atoms with Crippen LogP contribution in [0.25, 0.3) is 6.08 Å². The molecule has 5 rings (SSSR count). The van der Waals surface area contributed by atoms with Crippen LogP contribution in [0.4, 0.5) is 26.3 Å². The van der Waals surface area contributed by atoms with Gasteiger partial charge in [-0.2, -0.15) is 43.8 Å². The average molecular weight is 552 g/mol. The summed E-state index contributed by atoms with van der Waals surface area (Å²) < 4.78 is 106. The molecule has 0 aromatic heterocycles. The first-order chi connectivity index (χ1) is 17.3. The average Bonchev–Trinajstić information content (AvgIpc) is 3.17. The molecule has 0 unspecified atom stereocenters. The van der Waals surface area contributed by atoms with Gasteiger partial charge in [-0.1, -0.05) is 30.4 Å². The van der Waals surface area contributed by atoms with E-state index in [1.807, 2.05) is 35.3 Å². The Morgan fingerprint density at radius 3 is 2.24 bits per heavy atom. The first-order valence-electron chi connectivity index (χ1n) is 12.7. The molecule has 2 bridgehead atoms. The van der Waals surface area contributed by atoms with Crippen molar-refractivity contribution in [3.63, 3.8) is 0 Å². The summed E-state index contributed by atoms with van der Waals surface area (Å²) in [5.41, 5.74) is 2.21. The molecule has 1 aromatic carbocycles. The SMILES string of the molecule is O=S1(=O)N[C@@]2(CN1CC(F)(F)F)[C@@H]1CC[C@H]2Cc2ccc(C=CCN3CCC(C(F)(F)F)CC3)cc2C1. The second kappa shape index (κ2) is 9.53. The third-order valence-corrected chi connectivity index (χ3v) is 10.2. The van der Waals surface area contributed by atoms with Gasteiger partial charge in [-0.05, 0) is 80.1 Å². The maximum absolute atomic E-state index is 13.1. The number of piperidine rings is 1. The highest BCUT2D eigenvalue weighted by atomic mass is 32.2. The molecule has 5 nitrogen and oxygen atoms in total. The Morgan fingerprint density at radius 1 is 0.973 bits per heavy atom. The fourth-order valence-electron chi connectivity index (χ4n) is 6.75. The zero-order valence-electron chi connectivity index (χ0n) is 20.3. The van der Waals surface area contributed by atoms with Crippen molar-refractivity contribution in [3.05, 3.63) is 41.0 Å². The van der Waals surface area contributed by atoms with Crippen LogP contribution in [0.3, 0.4) is 0 Å². The first kappa shape index (κ1) is 27.0. The number of rotatable bonds is 4. The number of halogens is 6. The highest BCUT2D eigenvalue weighted by Crippen LogP contribution is 2.50. The van der Waals surface area contributed by atoms with E-state index in [0.29, 0.717) is 36.8 Å². The Bertz CT molecular complexity index is 1140. The minimum atomic E-state index is -4.61. The van der Waals surface area contributed by atoms with Crippen molar-refractivity contribution < 1.29 is 34.8 Å². The van der Waals surface area contributed by atoms with Gasteiger partial charge in [0.2, 0.25) is 0 Å². The molecule has 3 fully saturated rings. The van der Waals surface area contributed by atoms with E-state index >= 15 is 0 Å². The van der Waals surface area contributed by atoms with Crippen molar-refractivity contribution in [2.75, 3.05) is 32.7 Å². The predicted molar refractivity (Wildman–Crippen MR) is 127 cm³/mol. The van der Waals surface area contributed by atoms with Crippen molar-refractivity contribution in [2.45, 2.75) is 56.4 Å². The van der Waals surface area contributed by atoms with Crippen LogP contribution >= 0.6 is 0 Å². The fraction of sp³-hybridized carbons (Fsp3) is 0.680. The normalized spacial score (nSPS) is 31.3. The molecule has 1 saturated carbocycles. The summed E-state index contributed by atoms with van der Waals surface area (Å²) in [5.74, 6) is -1.39. The van der Waals surface area contributed by atoms with Crippen LogP contribution in [-0.4, -0.2) is 68.2 Å². The summed E-state index contributed by atoms with van der Waals surface area (Å²) in [7, 11) is -4.22. The fourth-order valence-corrected chi connectivity index (χ4v) is 8.46. The molecule has 0 radical (unpaired) electrons. The zero-order valence-corrected chi connectivity index (χ0v) is 21.1. The van der Waals surface area contributed by atoms with Crippen molar-refractivity contribution in [3.8, 4) is 0 Å². The molecule has 2 heterocycles. The van der Waals surface area contributed by atoms with Gasteiger partial charge < -0.3 is 0 Å². The molecule has 1 spiro atoms. The van der Waals surface area contributed by atoms with Gasteiger partial charge in [0.1, 0.15) is 6.54 Å². The minimum Gasteiger partial charge on any atom is -0.300 e. The number of hydrogen-bond acceptors (Lipinski definition) is 3. The van der Waals surface area contributed by atoms with Crippen molar-refractivity contribution in [2.24, 2.45) is 17.8 Å². The quantitative estimate of drug-likeness (QED) is 0.559. The van der Waals surface area contributed by atoms with E-state index in [1.165, 1.54) is 0 Å². The molecule has 1 N–H and O–H groups in total. The van der Waals surface area contributed by atoms with Gasteiger partial charge in [0.15, 0.2) is 0 Å². The Labute approximate surface area is 213 Å². The van der Waals surface area contributed by atoms with Gasteiger partial charge in [-0.25, -0.2) is 0 Å². The number of nitrogens with zero attached hydrogens (tertiary/aromatic N) is 2. The van der Waals surface area contributed by atoms with Crippen molar-refractivity contribution >= 4 is 16.3 Å². The van der Waals surface area contributed by atoms with Crippen LogP contribution in [0, 0.1) is 17.8 Å². The van der Waals surface area contributed by atoms with Gasteiger partial charge in [0.05, 0.1) is 11.5 Å². The van der Waals surface area contributed by atoms with Gasteiger partial charge >= 0.3 is 12.4 Å². The van der Waals surface area contributed by atoms with E-state index in [4.69, 9.17) is 0 Å². The molecular formula is C25H31F6N3O2S. The van der Waals surface area contributed by atoms with E-state index in [1.54, 1.807) is 0 Å². The summed E-state index contributed by atoms with van der Waals surface area (Å²) in [6, 6.07) is 6.02. The van der Waals surface area contributed by atoms with Crippen LogP contribution in [0.15, 0.2) is 24.3 Å². The standard InChI is InChI=1S/C25H31F6N3O2S/c26-24(27,28)16-34-15-23(32-37(34,35)36)21-5-6-22(23)14-19-12-17(3-4-18(19)13-21)2-1-9-33-10-7-20(8-11-33)25(29,30)31/h1-4,12,20-22,32H,5-11,13-16H2/t21-,22+,23+/m0/s1. The largest absolute Gasteiger partial charge is 0.402 e. The Hall–Kier alpha value is -1.63. The number of hydrogen-bond donors (Lipinski definition) is 1. The summed E-state index contributed by atoms with van der Waals surface area (Å²) in [6.07, 6.45) is -1.92. The first-order valence-corrected chi connectivity index (χ1v) is 14.1. The molecule has 3 atom stereocenters. The topological polar surface area (TPSA) is 52.7 Å². The number of nitrogens with one attached hydrogen (secondary N) is 1. The molecule has 0 amide bonds. The third-order valence-electron chi connectivity index (χ3n) is 8.66. The lowest BCUT2D eigenvalue weighted by atomic mass is 9.79. The summed E-state index contributed by atoms with van der Waals surface area (Å²) in [6.45, 7) is -0.280. The number of fused-ring (bicyclic) bond motifs is 1. The smallest absolute Gasteiger partial charge is 0.300 e. The van der Waals surface area contributed by atoms with Gasteiger partial charge in [-0.15, -0.1) is 0 Å². The maximum Gasteiger partial charge on any atom is 0.402 e. The Morgan fingerprint density at radius 2 is 1.62 bits per heavy atom. The number of benzene rings is 1. The second-order valence-electron chi connectivity index (χ2n) is 11.0. The highest BCUT2D eigenvalue weighted by Gasteiger charge is 2.60. The van der Waals surface area contributed by atoms with Crippen LogP contribution in [0.5, 0.6) is 0 Å². The molecule has 12 heteroatoms. The zero-order chi connectivity index (χ0) is 26.6. The minimum absolute atomic E-state index is 0.0761. The molecular weight excluding hydrogens is 520 g/mol. The second-order valence-corrected chi connectivity index (χ2v) is 12.6. The molecule has 1 aromatic rings. The Kier molecular flexibility index (Phi) is 6.94. The third kappa shape index (κ3) is 5.58. The number of alkyl halides is 6.